The van der Waals surface area contributed by atoms with Gasteiger partial charge in [0.1, 0.15) is 6.10 Å². The van der Waals surface area contributed by atoms with Crippen LogP contribution in [0.4, 0.5) is 8.78 Å². The minimum Gasteiger partial charge on any atom is -0.487 e. The van der Waals surface area contributed by atoms with Crippen molar-refractivity contribution in [3.63, 3.8) is 0 Å². The summed E-state index contributed by atoms with van der Waals surface area (Å²) in [6.07, 6.45) is 6.38. The largest absolute Gasteiger partial charge is 0.487 e. The van der Waals surface area contributed by atoms with Gasteiger partial charge in [0, 0.05) is 6.42 Å². The van der Waals surface area contributed by atoms with Crippen LogP contribution in [-0.2, 0) is 12.8 Å². The molecule has 0 radical (unpaired) electrons. The van der Waals surface area contributed by atoms with E-state index < -0.39 is 6.67 Å². The van der Waals surface area contributed by atoms with Gasteiger partial charge in [-0.15, -0.1) is 0 Å². The van der Waals surface area contributed by atoms with Gasteiger partial charge in [0.05, 0.1) is 6.67 Å². The smallest absolute Gasteiger partial charge is 0.165 e. The van der Waals surface area contributed by atoms with Crippen molar-refractivity contribution >= 4 is 0 Å². The van der Waals surface area contributed by atoms with Crippen LogP contribution in [0.15, 0.2) is 36.4 Å². The van der Waals surface area contributed by atoms with Crippen molar-refractivity contribution in [2.75, 3.05) is 6.67 Å². The second-order valence-corrected chi connectivity index (χ2v) is 6.86. The summed E-state index contributed by atoms with van der Waals surface area (Å²) in [7, 11) is 0. The summed E-state index contributed by atoms with van der Waals surface area (Å²) < 4.78 is 32.6. The third-order valence-electron chi connectivity index (χ3n) is 4.93. The Bertz CT molecular complexity index is 694. The molecule has 0 amide bonds. The number of alkyl halides is 1. The van der Waals surface area contributed by atoms with E-state index in [1.54, 1.807) is 0 Å². The lowest BCUT2D eigenvalue weighted by molar-refractivity contribution is 0.146. The van der Waals surface area contributed by atoms with Crippen LogP contribution in [0, 0.1) is 5.82 Å². The molecule has 1 nitrogen and oxygen atoms in total. The number of ether oxygens (including phenoxy) is 1. The van der Waals surface area contributed by atoms with E-state index in [1.807, 2.05) is 6.07 Å². The summed E-state index contributed by atoms with van der Waals surface area (Å²) in [5, 5.41) is 0. The minimum atomic E-state index is -0.426. The fourth-order valence-electron chi connectivity index (χ4n) is 3.44. The van der Waals surface area contributed by atoms with Crippen LogP contribution in [-0.4, -0.2) is 12.8 Å². The Morgan fingerprint density at radius 3 is 2.60 bits per heavy atom. The zero-order chi connectivity index (χ0) is 17.6. The Balaban J connectivity index is 1.76. The van der Waals surface area contributed by atoms with Crippen LogP contribution in [0.1, 0.15) is 50.2 Å². The van der Waals surface area contributed by atoms with Crippen LogP contribution in [0.3, 0.4) is 0 Å². The third kappa shape index (κ3) is 4.39. The average Bonchev–Trinajstić information content (AvgIpc) is 2.63. The molecule has 1 unspecified atom stereocenters. The first kappa shape index (κ1) is 17.9. The number of rotatable bonds is 7. The molecule has 0 aromatic heterocycles. The van der Waals surface area contributed by atoms with Gasteiger partial charge in [-0.1, -0.05) is 44.0 Å². The van der Waals surface area contributed by atoms with Crippen LogP contribution in [0.5, 0.6) is 5.75 Å². The maximum absolute atomic E-state index is 14.5. The summed E-state index contributed by atoms with van der Waals surface area (Å²) in [5.74, 6) is -0.0345. The van der Waals surface area contributed by atoms with Gasteiger partial charge in [-0.25, -0.2) is 4.39 Å². The highest BCUT2D eigenvalue weighted by Gasteiger charge is 2.23. The van der Waals surface area contributed by atoms with Gasteiger partial charge in [-0.05, 0) is 60.1 Å². The fraction of sp³-hybridized carbons (Fsp3) is 0.455. The van der Waals surface area contributed by atoms with Gasteiger partial charge in [0.2, 0.25) is 0 Å². The lowest BCUT2D eigenvalue weighted by atomic mass is 9.95. The molecule has 0 bridgehead atoms. The summed E-state index contributed by atoms with van der Waals surface area (Å²) in [4.78, 5) is 0. The van der Waals surface area contributed by atoms with Crippen molar-refractivity contribution < 1.29 is 13.5 Å². The Hall–Kier alpha value is -1.90. The van der Waals surface area contributed by atoms with Gasteiger partial charge < -0.3 is 4.74 Å². The van der Waals surface area contributed by atoms with E-state index >= 15 is 0 Å². The van der Waals surface area contributed by atoms with Crippen molar-refractivity contribution in [1.29, 1.82) is 0 Å². The first-order valence-corrected chi connectivity index (χ1v) is 9.35. The minimum absolute atomic E-state index is 0.208. The monoisotopic (exact) mass is 344 g/mol. The van der Waals surface area contributed by atoms with E-state index in [0.29, 0.717) is 12.2 Å². The molecule has 3 rings (SSSR count). The quantitative estimate of drug-likeness (QED) is 0.537. The molecule has 1 aliphatic heterocycles. The van der Waals surface area contributed by atoms with E-state index in [1.165, 1.54) is 30.9 Å². The number of hydrogen-bond acceptors (Lipinski definition) is 1. The molecule has 3 heteroatoms. The zero-order valence-corrected chi connectivity index (χ0v) is 14.9. The highest BCUT2D eigenvalue weighted by atomic mass is 19.1. The topological polar surface area (TPSA) is 9.23 Å². The van der Waals surface area contributed by atoms with E-state index in [2.05, 4.69) is 31.2 Å². The Kier molecular flexibility index (Phi) is 6.06. The van der Waals surface area contributed by atoms with Crippen molar-refractivity contribution in [3.05, 3.63) is 53.3 Å². The van der Waals surface area contributed by atoms with Gasteiger partial charge in [0.15, 0.2) is 11.6 Å². The third-order valence-corrected chi connectivity index (χ3v) is 4.93. The molecule has 2 aromatic rings. The standard InChI is InChI=1S/C22H26F2O/c1-2-3-4-5-16-6-8-17(9-7-16)19-14-18-10-11-20(12-13-23)25-22(18)21(24)15-19/h6-9,14-15,20H,2-5,10-13H2,1H3. The van der Waals surface area contributed by atoms with Gasteiger partial charge in [-0.3, -0.25) is 4.39 Å². The molecule has 1 aliphatic rings. The van der Waals surface area contributed by atoms with E-state index in [-0.39, 0.29) is 11.9 Å². The molecular formula is C22H26F2O. The fourth-order valence-corrected chi connectivity index (χ4v) is 3.44. The normalized spacial score (nSPS) is 16.4. The molecule has 0 aliphatic carbocycles. The number of aryl methyl sites for hydroxylation is 2. The Labute approximate surface area is 149 Å². The van der Waals surface area contributed by atoms with Crippen molar-refractivity contribution in [2.45, 2.75) is 58.0 Å². The maximum atomic E-state index is 14.5. The molecule has 0 N–H and O–H groups in total. The zero-order valence-electron chi connectivity index (χ0n) is 14.9. The summed E-state index contributed by atoms with van der Waals surface area (Å²) in [6.45, 7) is 1.78. The molecule has 1 atom stereocenters. The van der Waals surface area contributed by atoms with Crippen molar-refractivity contribution in [1.82, 2.24) is 0 Å². The van der Waals surface area contributed by atoms with Crippen LogP contribution >= 0.6 is 0 Å². The Morgan fingerprint density at radius 2 is 1.88 bits per heavy atom. The SMILES string of the molecule is CCCCCc1ccc(-c2cc(F)c3c(c2)CCC(CCF)O3)cc1. The summed E-state index contributed by atoms with van der Waals surface area (Å²) in [6, 6.07) is 11.9. The highest BCUT2D eigenvalue weighted by molar-refractivity contribution is 5.66. The number of hydrogen-bond donors (Lipinski definition) is 0. The molecule has 0 saturated carbocycles. The van der Waals surface area contributed by atoms with Crippen LogP contribution < -0.4 is 4.74 Å². The van der Waals surface area contributed by atoms with Gasteiger partial charge in [-0.2, -0.15) is 0 Å². The number of halogens is 2. The highest BCUT2D eigenvalue weighted by Crippen LogP contribution is 2.35. The average molecular weight is 344 g/mol. The predicted octanol–water partition coefficient (Wildman–Crippen LogP) is 6.28. The molecule has 134 valence electrons. The summed E-state index contributed by atoms with van der Waals surface area (Å²) >= 11 is 0. The molecule has 0 fully saturated rings. The van der Waals surface area contributed by atoms with Crippen LogP contribution in [0.2, 0.25) is 0 Å². The number of unbranched alkanes of at least 4 members (excludes halogenated alkanes) is 2. The summed E-state index contributed by atoms with van der Waals surface area (Å²) in [5.41, 5.74) is 4.11. The first-order chi connectivity index (χ1) is 12.2. The van der Waals surface area contributed by atoms with Crippen molar-refractivity contribution in [2.24, 2.45) is 0 Å². The number of fused-ring (bicyclic) bond motifs is 1. The van der Waals surface area contributed by atoms with Gasteiger partial charge >= 0.3 is 0 Å². The van der Waals surface area contributed by atoms with E-state index in [4.69, 9.17) is 4.74 Å². The molecule has 25 heavy (non-hydrogen) atoms. The molecule has 1 heterocycles. The van der Waals surface area contributed by atoms with Crippen LogP contribution in [0.25, 0.3) is 11.1 Å². The maximum Gasteiger partial charge on any atom is 0.165 e. The van der Waals surface area contributed by atoms with E-state index in [0.717, 1.165) is 36.0 Å². The lowest BCUT2D eigenvalue weighted by Crippen LogP contribution is -2.24. The Morgan fingerprint density at radius 1 is 1.08 bits per heavy atom. The van der Waals surface area contributed by atoms with Gasteiger partial charge in [0.25, 0.3) is 0 Å². The lowest BCUT2D eigenvalue weighted by Gasteiger charge is -2.26. The predicted molar refractivity (Wildman–Crippen MR) is 98.4 cm³/mol. The van der Waals surface area contributed by atoms with E-state index in [9.17, 15) is 8.78 Å². The molecule has 2 aromatic carbocycles. The molecule has 0 spiro atoms. The number of benzene rings is 2. The second kappa shape index (κ2) is 8.46. The molecule has 0 saturated heterocycles. The molecular weight excluding hydrogens is 318 g/mol. The first-order valence-electron chi connectivity index (χ1n) is 9.35. The second-order valence-electron chi connectivity index (χ2n) is 6.86. The van der Waals surface area contributed by atoms with Crippen molar-refractivity contribution in [3.8, 4) is 16.9 Å².